The van der Waals surface area contributed by atoms with E-state index in [4.69, 9.17) is 30.4 Å². The number of aromatic nitrogens is 8. The van der Waals surface area contributed by atoms with Crippen molar-refractivity contribution in [3.63, 3.8) is 0 Å². The van der Waals surface area contributed by atoms with Crippen molar-refractivity contribution in [2.75, 3.05) is 14.2 Å². The van der Waals surface area contributed by atoms with Gasteiger partial charge in [0.25, 0.3) is 0 Å². The van der Waals surface area contributed by atoms with Crippen LogP contribution < -0.4 is 63.7 Å². The number of aromatic amines is 2. The Balaban J connectivity index is 0.000000140. The van der Waals surface area contributed by atoms with E-state index in [-0.39, 0.29) is 67.8 Å². The quantitative estimate of drug-likeness (QED) is 0.0320. The van der Waals surface area contributed by atoms with Crippen LogP contribution in [-0.4, -0.2) is 84.8 Å². The van der Waals surface area contributed by atoms with E-state index >= 15 is 0 Å². The van der Waals surface area contributed by atoms with Crippen LogP contribution in [0.15, 0.2) is 406 Å². The van der Waals surface area contributed by atoms with E-state index in [1.165, 1.54) is 77.9 Å². The number of allylic oxidation sites excluding steroid dienone is 4. The molecule has 2 unspecified atom stereocenters. The van der Waals surface area contributed by atoms with E-state index in [2.05, 4.69) is 404 Å². The van der Waals surface area contributed by atoms with Crippen molar-refractivity contribution < 1.29 is 48.8 Å². The normalized spacial score (nSPS) is 14.2. The molecular formula is C112H112BClN8O6P4Pd. The van der Waals surface area contributed by atoms with Gasteiger partial charge in [0.05, 0.1) is 60.0 Å². The summed E-state index contributed by atoms with van der Waals surface area (Å²) in [7, 11) is 0.737. The van der Waals surface area contributed by atoms with Crippen molar-refractivity contribution in [1.29, 1.82) is 0 Å². The molecule has 2 atom stereocenters. The van der Waals surface area contributed by atoms with Crippen LogP contribution in [0.25, 0.3) is 5.57 Å². The van der Waals surface area contributed by atoms with Crippen LogP contribution in [0.4, 0.5) is 0 Å². The molecule has 0 spiro atoms. The van der Waals surface area contributed by atoms with Gasteiger partial charge < -0.3 is 18.8 Å². The molecule has 0 amide bonds. The molecule has 5 heterocycles. The average Bonchev–Trinajstić information content (AvgIpc) is 1.63. The first kappa shape index (κ1) is 100. The fraction of sp³-hybridized carbons (Fsp3) is 0.179. The van der Waals surface area contributed by atoms with E-state index in [9.17, 15) is 9.59 Å². The fourth-order valence-electron chi connectivity index (χ4n) is 15.3. The summed E-state index contributed by atoms with van der Waals surface area (Å²) < 4.78 is 21.5. The number of carbonyl (C=O) groups is 2. The molecule has 16 aromatic rings. The molecular weight excluding hydrogens is 1830 g/mol. The fourth-order valence-corrected chi connectivity index (χ4v) is 24.8. The SMILES string of the molecule is COC(=O)C1CC=C(B2OC(C)(C)C(C)(C)O2)C1.COC(=O)C1CC=C(c2nc(C)cc(Cc3cc(C)[nH]n3)n2)C1.Cc1cc(Cc2cc(C)[nH]n2)nc(Cl)n1.[Pd].c1ccc(P(c2ccccc2)c2ccccc2)cc1.c1ccc(P(c2ccccc2)c2ccccc2)cc1.c1ccc(P(c2ccccc2)c2ccccc2)cc1.c1ccc(P(c2ccccc2)c2ccccc2)cc1. The Kier molecular flexibility index (Phi) is 38.4. The van der Waals surface area contributed by atoms with Crippen LogP contribution in [0.2, 0.25) is 5.28 Å². The number of halogens is 1. The number of methoxy groups -OCH3 is 2. The molecule has 3 aliphatic rings. The number of H-pyrrole nitrogens is 2. The van der Waals surface area contributed by atoms with Crippen LogP contribution in [0.3, 0.4) is 0 Å². The zero-order valence-electron chi connectivity index (χ0n) is 76.7. The predicted octanol–water partition coefficient (Wildman–Crippen LogP) is 20.3. The first-order valence-electron chi connectivity index (χ1n) is 44.3. The number of benzene rings is 12. The number of esters is 2. The van der Waals surface area contributed by atoms with Gasteiger partial charge in [0.1, 0.15) is 0 Å². The summed E-state index contributed by atoms with van der Waals surface area (Å²) in [6, 6.07) is 137. The first-order valence-corrected chi connectivity index (χ1v) is 50.1. The Morgan fingerprint density at radius 3 is 0.850 bits per heavy atom. The Labute approximate surface area is 808 Å². The van der Waals surface area contributed by atoms with Gasteiger partial charge in [-0.1, -0.05) is 376 Å². The third-order valence-electron chi connectivity index (χ3n) is 22.4. The Morgan fingerprint density at radius 1 is 0.353 bits per heavy atom. The summed E-state index contributed by atoms with van der Waals surface area (Å²) >= 11 is 5.77. The molecule has 676 valence electrons. The van der Waals surface area contributed by atoms with Crippen molar-refractivity contribution in [3.8, 4) is 0 Å². The number of aryl methyl sites for hydroxylation is 4. The maximum atomic E-state index is 11.7. The number of nitrogens with one attached hydrogen (secondary N) is 2. The summed E-state index contributed by atoms with van der Waals surface area (Å²) in [4.78, 5) is 40.5. The molecule has 19 rings (SSSR count). The molecule has 21 heteroatoms. The molecule has 12 aromatic carbocycles. The van der Waals surface area contributed by atoms with E-state index in [0.29, 0.717) is 44.3 Å². The number of hydrogen-bond acceptors (Lipinski definition) is 12. The molecule has 0 radical (unpaired) electrons. The topological polar surface area (TPSA) is 180 Å². The monoisotopic (exact) mass is 1940 g/mol. The first-order chi connectivity index (χ1) is 64.2. The summed E-state index contributed by atoms with van der Waals surface area (Å²) in [6.07, 6.45) is 8.13. The number of carbonyl (C=O) groups excluding carboxylic acids is 2. The van der Waals surface area contributed by atoms with Gasteiger partial charge in [0, 0.05) is 56.0 Å². The van der Waals surface area contributed by atoms with Gasteiger partial charge in [-0.15, -0.1) is 0 Å². The molecule has 2 aliphatic carbocycles. The van der Waals surface area contributed by atoms with Gasteiger partial charge in [-0.3, -0.25) is 19.8 Å². The Hall–Kier alpha value is -11.7. The third kappa shape index (κ3) is 29.4. The summed E-state index contributed by atoms with van der Waals surface area (Å²) in [5.74, 6) is 0.188. The summed E-state index contributed by atoms with van der Waals surface area (Å²) in [5.41, 5.74) is 9.02. The van der Waals surface area contributed by atoms with Gasteiger partial charge in [0.2, 0.25) is 5.28 Å². The van der Waals surface area contributed by atoms with Crippen LogP contribution in [0, 0.1) is 39.5 Å². The molecule has 0 saturated carbocycles. The van der Waals surface area contributed by atoms with Crippen molar-refractivity contribution in [1.82, 2.24) is 40.3 Å². The van der Waals surface area contributed by atoms with Crippen molar-refractivity contribution in [2.45, 2.75) is 105 Å². The number of nitrogens with zero attached hydrogens (tertiary/aromatic N) is 6. The Morgan fingerprint density at radius 2 is 0.602 bits per heavy atom. The second-order valence-corrected chi connectivity index (χ2v) is 42.0. The zero-order valence-corrected chi connectivity index (χ0v) is 82.6. The number of rotatable bonds is 20. The minimum atomic E-state index is -0.446. The molecule has 1 aliphatic heterocycles. The number of hydrogen-bond donors (Lipinski definition) is 2. The van der Waals surface area contributed by atoms with Crippen molar-refractivity contribution in [2.24, 2.45) is 11.8 Å². The minimum absolute atomic E-state index is 0. The molecule has 14 nitrogen and oxygen atoms in total. The largest absolute Gasteiger partial charge is 0.490 e. The van der Waals surface area contributed by atoms with Gasteiger partial charge >= 0.3 is 19.1 Å². The molecule has 0 bridgehead atoms. The molecule has 1 fully saturated rings. The van der Waals surface area contributed by atoms with Crippen LogP contribution in [-0.2, 0) is 61.6 Å². The van der Waals surface area contributed by atoms with Crippen LogP contribution >= 0.6 is 43.3 Å². The van der Waals surface area contributed by atoms with Gasteiger partial charge in [0.15, 0.2) is 5.82 Å². The standard InChI is InChI=1S/4C18H15P.C17H20N4O2.C13H21BO4.C10H11ClN4.Pd/c4*1-4-10-16(11-5-1)19(17-12-6-2-7-13-17)18-14-8-3-9-15-18;1-10-6-14(9-15-7-11(2)20-21-15)19-16(18-10)12-4-5-13(8-12)17(22)23-3;1-12(2)13(3,4)18-14(17-12)10-7-6-9(8-10)11(15)16-5;1-6-3-8(13-10(11)12-6)5-9-4-7(2)14-15-9;/h4*1-15H;4,6-7,13H,5,8-9H2,1-3H3,(H,20,21);7,9H,6,8H2,1-5H3;3-4H,5H2,1-2H3,(H,14,15);. The minimum Gasteiger partial charge on any atom is -0.469 e. The maximum Gasteiger partial charge on any atom is 0.490 e. The van der Waals surface area contributed by atoms with Crippen LogP contribution in [0.5, 0.6) is 0 Å². The third-order valence-corrected chi connectivity index (χ3v) is 32.3. The van der Waals surface area contributed by atoms with Gasteiger partial charge in [-0.05, 0) is 223 Å². The van der Waals surface area contributed by atoms with E-state index in [1.807, 2.05) is 91.8 Å². The Bertz CT molecular complexity index is 5400. The predicted molar refractivity (Wildman–Crippen MR) is 553 cm³/mol. The maximum absolute atomic E-state index is 11.7. The average molecular weight is 1940 g/mol. The zero-order chi connectivity index (χ0) is 92.4. The van der Waals surface area contributed by atoms with E-state index in [0.717, 1.165) is 56.6 Å². The van der Waals surface area contributed by atoms with E-state index < -0.39 is 31.7 Å². The smallest absolute Gasteiger partial charge is 0.469 e. The second-order valence-electron chi connectivity index (χ2n) is 32.8. The van der Waals surface area contributed by atoms with Crippen LogP contribution in [0.1, 0.15) is 105 Å². The van der Waals surface area contributed by atoms with Crippen molar-refractivity contribution >= 4 is 132 Å². The van der Waals surface area contributed by atoms with Gasteiger partial charge in [-0.25, -0.2) is 19.9 Å². The molecule has 2 N–H and O–H groups in total. The second kappa shape index (κ2) is 51.0. The molecule has 1 saturated heterocycles. The summed E-state index contributed by atoms with van der Waals surface area (Å²) in [6.45, 7) is 15.9. The van der Waals surface area contributed by atoms with E-state index in [1.54, 1.807) is 0 Å². The molecule has 4 aromatic heterocycles. The summed E-state index contributed by atoms with van der Waals surface area (Å²) in [5, 5.41) is 31.3. The molecule has 133 heavy (non-hydrogen) atoms. The van der Waals surface area contributed by atoms with Gasteiger partial charge in [-0.2, -0.15) is 10.2 Å². The van der Waals surface area contributed by atoms with Crippen molar-refractivity contribution in [3.05, 3.63) is 463 Å². The number of ether oxygens (including phenoxy) is 2.